The number of alkyl halides is 4. The van der Waals surface area contributed by atoms with Gasteiger partial charge in [0.05, 0.1) is 17.3 Å². The van der Waals surface area contributed by atoms with Crippen molar-refractivity contribution >= 4 is 47.4 Å². The fraction of sp³-hybridized carbons (Fsp3) is 0.300. The molecule has 49 heavy (non-hydrogen) atoms. The summed E-state index contributed by atoms with van der Waals surface area (Å²) in [4.78, 5) is 60.4. The number of nitrogens with zero attached hydrogens (tertiary/aromatic N) is 6. The van der Waals surface area contributed by atoms with Crippen LogP contribution in [0.1, 0.15) is 55.4 Å². The molecule has 0 aliphatic heterocycles. The first-order valence-corrected chi connectivity index (χ1v) is 14.5. The molecule has 0 aliphatic carbocycles. The smallest absolute Gasteiger partial charge is 0.464 e. The zero-order chi connectivity index (χ0) is 36.4. The van der Waals surface area contributed by atoms with Crippen molar-refractivity contribution in [2.75, 3.05) is 11.0 Å². The van der Waals surface area contributed by atoms with E-state index in [-0.39, 0.29) is 27.4 Å². The lowest BCUT2D eigenvalue weighted by molar-refractivity contribution is -0.274. The standard InChI is InChI=1S/C30H27ClF4N6O8/c1-15-20(24(42)40(27(45)47-14-31)16(2)21-12-19(6-7-22(21)32)48-30(33,34)35)10-18(13-36-15)17-8-9-39-23(11-17)37-25(38-39)41(26(43)44)28(46)49-29(3,4)5/h6-13,16H,14H2,1-5H3,(H,43,44)/t16-/m1/s1. The Balaban J connectivity index is 1.73. The number of aryl methyl sites for hydroxylation is 1. The van der Waals surface area contributed by atoms with Crippen LogP contribution < -0.4 is 9.64 Å². The molecule has 0 bridgehead atoms. The van der Waals surface area contributed by atoms with Crippen molar-refractivity contribution in [3.8, 4) is 16.9 Å². The SMILES string of the molecule is Cc1ncc(-c2ccn3nc(N(C(=O)O)C(=O)OC(C)(C)C)nc3c2)cc1C(=O)N(C(=O)OCCl)[C@H](C)c1cc(OC(F)(F)F)ccc1F. The molecule has 0 radical (unpaired) electrons. The Morgan fingerprint density at radius 3 is 2.35 bits per heavy atom. The van der Waals surface area contributed by atoms with E-state index >= 15 is 0 Å². The summed E-state index contributed by atoms with van der Waals surface area (Å²) in [6.45, 7) is 7.27. The highest BCUT2D eigenvalue weighted by Gasteiger charge is 2.36. The van der Waals surface area contributed by atoms with Crippen LogP contribution in [0.2, 0.25) is 0 Å². The van der Waals surface area contributed by atoms with Gasteiger partial charge in [0.25, 0.3) is 11.9 Å². The van der Waals surface area contributed by atoms with E-state index < -0.39 is 71.3 Å². The van der Waals surface area contributed by atoms with Crippen LogP contribution in [0.25, 0.3) is 16.8 Å². The van der Waals surface area contributed by atoms with Crippen LogP contribution in [-0.2, 0) is 9.47 Å². The maximum Gasteiger partial charge on any atom is 0.573 e. The van der Waals surface area contributed by atoms with Gasteiger partial charge >= 0.3 is 24.6 Å². The van der Waals surface area contributed by atoms with Gasteiger partial charge in [-0.05, 0) is 76.6 Å². The lowest BCUT2D eigenvalue weighted by Crippen LogP contribution is -2.40. The zero-order valence-electron chi connectivity index (χ0n) is 26.3. The number of ether oxygens (including phenoxy) is 3. The minimum atomic E-state index is -5.10. The van der Waals surface area contributed by atoms with Crippen LogP contribution in [0, 0.1) is 12.7 Å². The van der Waals surface area contributed by atoms with E-state index in [9.17, 15) is 41.8 Å². The molecular weight excluding hydrogens is 684 g/mol. The first-order chi connectivity index (χ1) is 22.8. The number of amides is 4. The number of hydrogen-bond donors (Lipinski definition) is 1. The third-order valence-corrected chi connectivity index (χ3v) is 6.69. The third kappa shape index (κ3) is 8.50. The first kappa shape index (κ1) is 36.3. The Labute approximate surface area is 279 Å². The van der Waals surface area contributed by atoms with Gasteiger partial charge in [-0.3, -0.25) is 9.78 Å². The summed E-state index contributed by atoms with van der Waals surface area (Å²) >= 11 is 5.55. The van der Waals surface area contributed by atoms with Crippen LogP contribution in [0.15, 0.2) is 48.8 Å². The molecule has 0 fully saturated rings. The second-order valence-corrected chi connectivity index (χ2v) is 11.4. The van der Waals surface area contributed by atoms with Gasteiger partial charge in [0.2, 0.25) is 0 Å². The van der Waals surface area contributed by atoms with Gasteiger partial charge in [0.15, 0.2) is 11.7 Å². The predicted molar refractivity (Wildman–Crippen MR) is 163 cm³/mol. The van der Waals surface area contributed by atoms with Crippen molar-refractivity contribution in [1.82, 2.24) is 24.5 Å². The molecule has 14 nitrogen and oxygen atoms in total. The summed E-state index contributed by atoms with van der Waals surface area (Å²) < 4.78 is 68.4. The van der Waals surface area contributed by atoms with E-state index in [0.717, 1.165) is 6.07 Å². The Morgan fingerprint density at radius 2 is 1.73 bits per heavy atom. The van der Waals surface area contributed by atoms with Gasteiger partial charge in [-0.25, -0.2) is 28.2 Å². The lowest BCUT2D eigenvalue weighted by Gasteiger charge is -2.28. The number of rotatable bonds is 7. The quantitative estimate of drug-likeness (QED) is 0.154. The molecule has 4 amide bonds. The largest absolute Gasteiger partial charge is 0.573 e. The minimum absolute atomic E-state index is 0.0770. The highest BCUT2D eigenvalue weighted by molar-refractivity contribution is 6.17. The van der Waals surface area contributed by atoms with E-state index in [1.165, 1.54) is 49.0 Å². The fourth-order valence-corrected chi connectivity index (χ4v) is 4.54. The zero-order valence-corrected chi connectivity index (χ0v) is 27.0. The normalized spacial score (nSPS) is 12.3. The summed E-state index contributed by atoms with van der Waals surface area (Å²) in [5.41, 5.74) is -0.848. The molecule has 4 aromatic rings. The number of imide groups is 2. The number of hydrogen-bond acceptors (Lipinski definition) is 10. The number of pyridine rings is 2. The van der Waals surface area contributed by atoms with Crippen LogP contribution >= 0.6 is 11.6 Å². The Kier molecular flexibility index (Phi) is 10.3. The van der Waals surface area contributed by atoms with Crippen molar-refractivity contribution in [1.29, 1.82) is 0 Å². The molecule has 4 rings (SSSR count). The number of anilines is 1. The van der Waals surface area contributed by atoms with Crippen molar-refractivity contribution in [2.45, 2.75) is 52.6 Å². The molecule has 19 heteroatoms. The van der Waals surface area contributed by atoms with Crippen molar-refractivity contribution < 1.29 is 56.1 Å². The van der Waals surface area contributed by atoms with E-state index in [1.54, 1.807) is 20.8 Å². The second-order valence-electron chi connectivity index (χ2n) is 11.2. The predicted octanol–water partition coefficient (Wildman–Crippen LogP) is 7.09. The average Bonchev–Trinajstić information content (AvgIpc) is 3.39. The number of carboxylic acid groups (broad SMARTS) is 1. The van der Waals surface area contributed by atoms with Gasteiger partial charge in [0, 0.05) is 23.5 Å². The fourth-order valence-electron chi connectivity index (χ4n) is 4.45. The molecule has 3 heterocycles. The summed E-state index contributed by atoms with van der Waals surface area (Å²) in [6, 6.07) is 4.15. The lowest BCUT2D eigenvalue weighted by atomic mass is 10.0. The van der Waals surface area contributed by atoms with Crippen molar-refractivity contribution in [3.05, 3.63) is 71.4 Å². The van der Waals surface area contributed by atoms with E-state index in [0.29, 0.717) is 22.6 Å². The molecular formula is C30H27ClF4N6O8. The summed E-state index contributed by atoms with van der Waals surface area (Å²) in [5, 5.41) is 13.7. The molecule has 0 spiro atoms. The van der Waals surface area contributed by atoms with Gasteiger partial charge in [-0.2, -0.15) is 4.98 Å². The molecule has 260 valence electrons. The molecule has 0 aliphatic rings. The Bertz CT molecular complexity index is 1930. The van der Waals surface area contributed by atoms with E-state index in [2.05, 4.69) is 19.8 Å². The highest BCUT2D eigenvalue weighted by atomic mass is 35.5. The number of aromatic nitrogens is 4. The average molecular weight is 711 g/mol. The molecule has 0 saturated carbocycles. The third-order valence-electron chi connectivity index (χ3n) is 6.58. The van der Waals surface area contributed by atoms with Crippen LogP contribution in [-0.4, -0.2) is 71.8 Å². The maximum atomic E-state index is 14.9. The topological polar surface area (TPSA) is 166 Å². The maximum absolute atomic E-state index is 14.9. The molecule has 0 saturated heterocycles. The Morgan fingerprint density at radius 1 is 1.04 bits per heavy atom. The molecule has 1 aromatic carbocycles. The second kappa shape index (κ2) is 13.9. The van der Waals surface area contributed by atoms with Crippen LogP contribution in [0.3, 0.4) is 0 Å². The number of fused-ring (bicyclic) bond motifs is 1. The molecule has 0 unspecified atom stereocenters. The number of halogens is 5. The summed E-state index contributed by atoms with van der Waals surface area (Å²) in [7, 11) is 0. The van der Waals surface area contributed by atoms with E-state index in [1.807, 2.05) is 0 Å². The van der Waals surface area contributed by atoms with Gasteiger partial charge in [-0.15, -0.1) is 23.2 Å². The highest BCUT2D eigenvalue weighted by Crippen LogP contribution is 2.32. The minimum Gasteiger partial charge on any atom is -0.464 e. The number of benzene rings is 1. The molecule has 3 aromatic heterocycles. The molecule has 1 N–H and O–H groups in total. The number of carbonyl (C=O) groups is 4. The summed E-state index contributed by atoms with van der Waals surface area (Å²) in [6.07, 6.45) is -6.58. The van der Waals surface area contributed by atoms with Crippen molar-refractivity contribution in [2.24, 2.45) is 0 Å². The van der Waals surface area contributed by atoms with Gasteiger partial charge < -0.3 is 19.3 Å². The van der Waals surface area contributed by atoms with E-state index in [4.69, 9.17) is 21.1 Å². The Hall–Kier alpha value is -5.52. The molecule has 1 atom stereocenters. The van der Waals surface area contributed by atoms with Crippen LogP contribution in [0.5, 0.6) is 5.75 Å². The van der Waals surface area contributed by atoms with Crippen molar-refractivity contribution in [3.63, 3.8) is 0 Å². The van der Waals surface area contributed by atoms with Crippen LogP contribution in [0.4, 0.5) is 37.9 Å². The first-order valence-electron chi connectivity index (χ1n) is 14.0. The summed E-state index contributed by atoms with van der Waals surface area (Å²) in [5.74, 6) is -3.40. The monoisotopic (exact) mass is 710 g/mol. The van der Waals surface area contributed by atoms with Gasteiger partial charge in [0.1, 0.15) is 17.2 Å². The number of carbonyl (C=O) groups excluding carboxylic acids is 3. The van der Waals surface area contributed by atoms with Gasteiger partial charge in [-0.1, -0.05) is 11.6 Å².